The number of piperazine rings is 1. The number of hydrogen-bond donors (Lipinski definition) is 0. The van der Waals surface area contributed by atoms with Crippen LogP contribution >= 0.6 is 0 Å². The van der Waals surface area contributed by atoms with E-state index in [-0.39, 0.29) is 5.91 Å². The summed E-state index contributed by atoms with van der Waals surface area (Å²) in [5.74, 6) is 1.49. The Morgan fingerprint density at radius 1 is 1.07 bits per heavy atom. The molecule has 0 spiro atoms. The van der Waals surface area contributed by atoms with Crippen molar-refractivity contribution in [2.45, 2.75) is 26.7 Å². The van der Waals surface area contributed by atoms with Crippen molar-refractivity contribution in [3.8, 4) is 0 Å². The fraction of sp³-hybridized carbons (Fsp3) is 0.476. The number of aromatic nitrogens is 2. The summed E-state index contributed by atoms with van der Waals surface area (Å²) in [6.07, 6.45) is 2.01. The van der Waals surface area contributed by atoms with E-state index in [4.69, 9.17) is 0 Å². The van der Waals surface area contributed by atoms with Crippen LogP contribution in [0.5, 0.6) is 0 Å². The Morgan fingerprint density at radius 2 is 1.85 bits per heavy atom. The minimum Gasteiger partial charge on any atom is -0.354 e. The number of para-hydroxylation sites is 1. The Morgan fingerprint density at radius 3 is 2.63 bits per heavy atom. The molecule has 1 amide bonds. The van der Waals surface area contributed by atoms with Gasteiger partial charge in [-0.1, -0.05) is 25.1 Å². The smallest absolute Gasteiger partial charge is 0.277 e. The number of carbonyl (C=O) groups is 1. The SMILES string of the molecule is CCN1CCN(c2cc(C(=O)N3CCCc4ccccc43)nc(C)n2)CC1. The topological polar surface area (TPSA) is 52.6 Å². The number of rotatable bonds is 3. The molecule has 1 aromatic carbocycles. The molecule has 0 aliphatic carbocycles. The molecule has 6 heteroatoms. The zero-order chi connectivity index (χ0) is 18.8. The molecule has 0 bridgehead atoms. The lowest BCUT2D eigenvalue weighted by molar-refractivity contribution is 0.0980. The first kappa shape index (κ1) is 17.9. The molecule has 0 N–H and O–H groups in total. The van der Waals surface area contributed by atoms with Crippen molar-refractivity contribution in [2.24, 2.45) is 0 Å². The predicted molar refractivity (Wildman–Crippen MR) is 108 cm³/mol. The van der Waals surface area contributed by atoms with Crippen LogP contribution in [0.25, 0.3) is 0 Å². The van der Waals surface area contributed by atoms with Crippen molar-refractivity contribution in [1.82, 2.24) is 14.9 Å². The molecule has 1 saturated heterocycles. The second-order valence-electron chi connectivity index (χ2n) is 7.27. The van der Waals surface area contributed by atoms with E-state index < -0.39 is 0 Å². The fourth-order valence-electron chi connectivity index (χ4n) is 4.00. The highest BCUT2D eigenvalue weighted by molar-refractivity contribution is 6.05. The number of fused-ring (bicyclic) bond motifs is 1. The van der Waals surface area contributed by atoms with Gasteiger partial charge in [-0.25, -0.2) is 9.97 Å². The van der Waals surface area contributed by atoms with Gasteiger partial charge in [-0.05, 0) is 37.9 Å². The highest BCUT2D eigenvalue weighted by Crippen LogP contribution is 2.28. The standard InChI is InChI=1S/C21H27N5O/c1-3-24-11-13-25(14-12-24)20-15-18(22-16(2)23-20)21(27)26-10-6-8-17-7-4-5-9-19(17)26/h4-5,7,9,15H,3,6,8,10-14H2,1-2H3. The van der Waals surface area contributed by atoms with Gasteiger partial charge in [0.05, 0.1) is 0 Å². The Bertz CT molecular complexity index is 829. The van der Waals surface area contributed by atoms with E-state index in [1.165, 1.54) is 5.56 Å². The summed E-state index contributed by atoms with van der Waals surface area (Å²) >= 11 is 0. The summed E-state index contributed by atoms with van der Waals surface area (Å²) in [4.78, 5) is 28.9. The quantitative estimate of drug-likeness (QED) is 0.837. The molecule has 27 heavy (non-hydrogen) atoms. The minimum absolute atomic E-state index is 0.0268. The maximum atomic E-state index is 13.3. The Kier molecular flexibility index (Phi) is 5.07. The third kappa shape index (κ3) is 3.67. The third-order valence-electron chi connectivity index (χ3n) is 5.54. The minimum atomic E-state index is -0.0268. The molecule has 2 aromatic rings. The van der Waals surface area contributed by atoms with E-state index in [1.54, 1.807) is 0 Å². The maximum Gasteiger partial charge on any atom is 0.277 e. The summed E-state index contributed by atoms with van der Waals surface area (Å²) in [5.41, 5.74) is 2.74. The number of nitrogens with zero attached hydrogens (tertiary/aromatic N) is 5. The highest BCUT2D eigenvalue weighted by Gasteiger charge is 2.26. The number of likely N-dealkylation sites (N-methyl/N-ethyl adjacent to an activating group) is 1. The van der Waals surface area contributed by atoms with Gasteiger partial charge in [0.1, 0.15) is 17.3 Å². The number of hydrogen-bond acceptors (Lipinski definition) is 5. The van der Waals surface area contributed by atoms with E-state index in [1.807, 2.05) is 36.1 Å². The zero-order valence-corrected chi connectivity index (χ0v) is 16.2. The lowest BCUT2D eigenvalue weighted by Gasteiger charge is -2.35. The van der Waals surface area contributed by atoms with E-state index in [9.17, 15) is 4.79 Å². The van der Waals surface area contributed by atoms with Gasteiger partial charge in [-0.15, -0.1) is 0 Å². The lowest BCUT2D eigenvalue weighted by Crippen LogP contribution is -2.46. The Balaban J connectivity index is 1.59. The van der Waals surface area contributed by atoms with Gasteiger partial charge in [0.2, 0.25) is 0 Å². The van der Waals surface area contributed by atoms with Crippen molar-refractivity contribution in [3.63, 3.8) is 0 Å². The molecular weight excluding hydrogens is 338 g/mol. The van der Waals surface area contributed by atoms with Crippen molar-refractivity contribution < 1.29 is 4.79 Å². The van der Waals surface area contributed by atoms with Crippen molar-refractivity contribution in [3.05, 3.63) is 47.4 Å². The molecule has 0 unspecified atom stereocenters. The number of carbonyl (C=O) groups excluding carboxylic acids is 1. The summed E-state index contributed by atoms with van der Waals surface area (Å²) in [7, 11) is 0. The molecule has 0 radical (unpaired) electrons. The largest absolute Gasteiger partial charge is 0.354 e. The van der Waals surface area contributed by atoms with Crippen molar-refractivity contribution in [1.29, 1.82) is 0 Å². The number of amides is 1. The van der Waals surface area contributed by atoms with E-state index >= 15 is 0 Å². The maximum absolute atomic E-state index is 13.3. The third-order valence-corrected chi connectivity index (χ3v) is 5.54. The van der Waals surface area contributed by atoms with Gasteiger partial charge < -0.3 is 14.7 Å². The number of benzene rings is 1. The first-order valence-electron chi connectivity index (χ1n) is 9.88. The van der Waals surface area contributed by atoms with Gasteiger partial charge in [-0.3, -0.25) is 4.79 Å². The normalized spacial score (nSPS) is 17.7. The molecule has 142 valence electrons. The second-order valence-corrected chi connectivity index (χ2v) is 7.27. The van der Waals surface area contributed by atoms with E-state index in [2.05, 4.69) is 32.8 Å². The van der Waals surface area contributed by atoms with Crippen LogP contribution in [0, 0.1) is 6.92 Å². The summed E-state index contributed by atoms with van der Waals surface area (Å²) < 4.78 is 0. The average Bonchev–Trinajstić information content (AvgIpc) is 2.72. The summed E-state index contributed by atoms with van der Waals surface area (Å²) in [5, 5.41) is 0. The first-order valence-corrected chi connectivity index (χ1v) is 9.88. The monoisotopic (exact) mass is 365 g/mol. The molecule has 1 fully saturated rings. The van der Waals surface area contributed by atoms with Crippen LogP contribution in [-0.4, -0.2) is 60.0 Å². The molecule has 4 rings (SSSR count). The molecule has 3 heterocycles. The highest BCUT2D eigenvalue weighted by atomic mass is 16.2. The molecule has 0 saturated carbocycles. The van der Waals surface area contributed by atoms with E-state index in [0.29, 0.717) is 11.5 Å². The van der Waals surface area contributed by atoms with Crippen LogP contribution in [0.3, 0.4) is 0 Å². The zero-order valence-electron chi connectivity index (χ0n) is 16.2. The van der Waals surface area contributed by atoms with Crippen LogP contribution in [-0.2, 0) is 6.42 Å². The van der Waals surface area contributed by atoms with Crippen LogP contribution in [0.4, 0.5) is 11.5 Å². The molecule has 2 aliphatic rings. The molecule has 2 aliphatic heterocycles. The number of anilines is 2. The lowest BCUT2D eigenvalue weighted by atomic mass is 10.0. The van der Waals surface area contributed by atoms with Crippen LogP contribution in [0.1, 0.15) is 35.2 Å². The molecular formula is C21H27N5O. The van der Waals surface area contributed by atoms with Gasteiger partial charge in [0.25, 0.3) is 5.91 Å². The summed E-state index contributed by atoms with van der Waals surface area (Å²) in [6.45, 7) is 9.81. The van der Waals surface area contributed by atoms with Gasteiger partial charge >= 0.3 is 0 Å². The molecule has 0 atom stereocenters. The fourth-order valence-corrected chi connectivity index (χ4v) is 4.00. The first-order chi connectivity index (χ1) is 13.2. The van der Waals surface area contributed by atoms with Gasteiger partial charge in [-0.2, -0.15) is 0 Å². The van der Waals surface area contributed by atoms with Crippen LogP contribution in [0.15, 0.2) is 30.3 Å². The summed E-state index contributed by atoms with van der Waals surface area (Å²) in [6, 6.07) is 10.0. The van der Waals surface area contributed by atoms with Crippen LogP contribution < -0.4 is 9.80 Å². The number of aryl methyl sites for hydroxylation is 2. The Labute approximate surface area is 160 Å². The van der Waals surface area contributed by atoms with Gasteiger partial charge in [0.15, 0.2) is 0 Å². The van der Waals surface area contributed by atoms with Crippen LogP contribution in [0.2, 0.25) is 0 Å². The van der Waals surface area contributed by atoms with E-state index in [0.717, 1.165) is 63.6 Å². The molecule has 1 aromatic heterocycles. The Hall–Kier alpha value is -2.47. The molecule has 6 nitrogen and oxygen atoms in total. The van der Waals surface area contributed by atoms with Crippen molar-refractivity contribution in [2.75, 3.05) is 49.1 Å². The predicted octanol–water partition coefficient (Wildman–Crippen LogP) is 2.52. The van der Waals surface area contributed by atoms with Gasteiger partial charge in [0, 0.05) is 44.5 Å². The second kappa shape index (κ2) is 7.64. The average molecular weight is 365 g/mol. The van der Waals surface area contributed by atoms with Crippen molar-refractivity contribution >= 4 is 17.4 Å².